The fraction of sp³-hybridized carbons (Fsp3) is 1.00. The quantitative estimate of drug-likeness (QED) is 0.598. The van der Waals surface area contributed by atoms with Crippen molar-refractivity contribution in [3.63, 3.8) is 0 Å². The second-order valence-corrected chi connectivity index (χ2v) is 6.19. The molecule has 3 N–H and O–H groups in total. The van der Waals surface area contributed by atoms with E-state index in [0.29, 0.717) is 0 Å². The summed E-state index contributed by atoms with van der Waals surface area (Å²) in [4.78, 5) is 0. The molecule has 0 saturated carbocycles. The number of alkyl halides is 3. The lowest BCUT2D eigenvalue weighted by Gasteiger charge is -2.24. The van der Waals surface area contributed by atoms with Crippen molar-refractivity contribution in [3.8, 4) is 0 Å². The zero-order chi connectivity index (χ0) is 12.8. The number of halogens is 3. The molecule has 0 spiro atoms. The van der Waals surface area contributed by atoms with Gasteiger partial charge in [-0.25, -0.2) is 0 Å². The molecule has 6 nitrogen and oxygen atoms in total. The molecule has 0 aromatic heterocycles. The van der Waals surface area contributed by atoms with Gasteiger partial charge in [-0.05, 0) is 0 Å². The van der Waals surface area contributed by atoms with Gasteiger partial charge in [0, 0.05) is 0 Å². The molecule has 9 heteroatoms. The summed E-state index contributed by atoms with van der Waals surface area (Å²) in [5.74, 6) is 0. The third kappa shape index (κ3) is 2.65. The molecular formula is C8H11Cl3O6. The number of rotatable bonds is 2. The molecule has 0 aromatic carbocycles. The average Bonchev–Trinajstić information content (AvgIpc) is 2.77. The lowest BCUT2D eigenvalue weighted by Crippen LogP contribution is -2.42. The molecule has 2 saturated heterocycles. The summed E-state index contributed by atoms with van der Waals surface area (Å²) in [7, 11) is 0. The summed E-state index contributed by atoms with van der Waals surface area (Å²) in [6.07, 6.45) is -6.33. The first kappa shape index (κ1) is 14.0. The van der Waals surface area contributed by atoms with E-state index in [9.17, 15) is 10.2 Å². The molecule has 6 atom stereocenters. The fourth-order valence-corrected chi connectivity index (χ4v) is 2.10. The molecule has 2 aliphatic heterocycles. The summed E-state index contributed by atoms with van der Waals surface area (Å²) in [6, 6.07) is 0. The first-order valence-electron chi connectivity index (χ1n) is 4.84. The predicted octanol–water partition coefficient (Wildman–Crippen LogP) is -0.463. The van der Waals surface area contributed by atoms with Gasteiger partial charge in [0.05, 0.1) is 6.61 Å². The Morgan fingerprint density at radius 1 is 1.18 bits per heavy atom. The topological polar surface area (TPSA) is 88.4 Å². The third-order valence-corrected chi connectivity index (χ3v) is 3.14. The van der Waals surface area contributed by atoms with Crippen molar-refractivity contribution in [2.24, 2.45) is 0 Å². The molecular weight excluding hydrogens is 298 g/mol. The summed E-state index contributed by atoms with van der Waals surface area (Å²) in [5, 5.41) is 28.0. The van der Waals surface area contributed by atoms with Crippen LogP contribution < -0.4 is 0 Å². The molecule has 2 fully saturated rings. The minimum Gasteiger partial charge on any atom is -0.394 e. The zero-order valence-corrected chi connectivity index (χ0v) is 10.6. The van der Waals surface area contributed by atoms with Crippen molar-refractivity contribution in [2.75, 3.05) is 6.61 Å². The minimum atomic E-state index is -1.79. The normalized spacial score (nSPS) is 43.8. The maximum Gasteiger partial charge on any atom is 0.241 e. The Morgan fingerprint density at radius 3 is 2.29 bits per heavy atom. The number of fused-ring (bicyclic) bond motifs is 1. The van der Waals surface area contributed by atoms with Gasteiger partial charge in [-0.3, -0.25) is 0 Å². The standard InChI is InChI=1S/C8H11Cl3O6/c9-8(10,11)7-16-5-3(14)4(2(13)1-12)15-6(5)17-7/h2-7,12-14H,1H2/t2-,3+,4+,5-,6-,7?/m1/s1. The average molecular weight is 310 g/mol. The molecule has 1 unspecified atom stereocenters. The van der Waals surface area contributed by atoms with Crippen LogP contribution >= 0.6 is 34.8 Å². The molecule has 0 radical (unpaired) electrons. The highest BCUT2D eigenvalue weighted by molar-refractivity contribution is 6.67. The second kappa shape index (κ2) is 4.96. The van der Waals surface area contributed by atoms with Crippen molar-refractivity contribution < 1.29 is 29.5 Å². The van der Waals surface area contributed by atoms with Gasteiger partial charge in [-0.15, -0.1) is 0 Å². The van der Waals surface area contributed by atoms with Gasteiger partial charge in [0.2, 0.25) is 10.1 Å². The first-order valence-corrected chi connectivity index (χ1v) is 5.98. The van der Waals surface area contributed by atoms with Crippen molar-refractivity contribution in [1.82, 2.24) is 0 Å². The third-order valence-electron chi connectivity index (χ3n) is 2.60. The minimum absolute atomic E-state index is 0.547. The van der Waals surface area contributed by atoms with Gasteiger partial charge < -0.3 is 29.5 Å². The zero-order valence-electron chi connectivity index (χ0n) is 8.37. The van der Waals surface area contributed by atoms with Crippen molar-refractivity contribution in [1.29, 1.82) is 0 Å². The van der Waals surface area contributed by atoms with Crippen LogP contribution in [0.15, 0.2) is 0 Å². The van der Waals surface area contributed by atoms with Crippen LogP contribution in [0.3, 0.4) is 0 Å². The molecule has 2 aliphatic rings. The Labute approximate surface area is 112 Å². The van der Waals surface area contributed by atoms with Crippen LogP contribution in [0.1, 0.15) is 0 Å². The Morgan fingerprint density at radius 2 is 1.82 bits per heavy atom. The summed E-state index contributed by atoms with van der Waals surface area (Å²) in [5.41, 5.74) is 0. The molecule has 0 aliphatic carbocycles. The molecule has 2 heterocycles. The van der Waals surface area contributed by atoms with E-state index < -0.39 is 47.4 Å². The van der Waals surface area contributed by atoms with Gasteiger partial charge in [0.25, 0.3) is 0 Å². The summed E-state index contributed by atoms with van der Waals surface area (Å²) >= 11 is 16.7. The fourth-order valence-electron chi connectivity index (χ4n) is 1.79. The maximum atomic E-state index is 9.81. The molecule has 2 rings (SSSR count). The maximum absolute atomic E-state index is 9.81. The van der Waals surface area contributed by atoms with Crippen LogP contribution in [-0.2, 0) is 14.2 Å². The Hall–Kier alpha value is 0.630. The first-order chi connectivity index (χ1) is 7.84. The van der Waals surface area contributed by atoms with E-state index in [1.165, 1.54) is 0 Å². The van der Waals surface area contributed by atoms with E-state index in [1.54, 1.807) is 0 Å². The Kier molecular flexibility index (Phi) is 4.10. The number of aliphatic hydroxyl groups is 3. The van der Waals surface area contributed by atoms with E-state index in [4.69, 9.17) is 54.1 Å². The number of hydrogen-bond donors (Lipinski definition) is 3. The monoisotopic (exact) mass is 308 g/mol. The predicted molar refractivity (Wildman–Crippen MR) is 57.8 cm³/mol. The largest absolute Gasteiger partial charge is 0.394 e. The van der Waals surface area contributed by atoms with Crippen LogP contribution in [0.2, 0.25) is 0 Å². The molecule has 17 heavy (non-hydrogen) atoms. The van der Waals surface area contributed by atoms with Crippen LogP contribution in [0, 0.1) is 0 Å². The van der Waals surface area contributed by atoms with Crippen LogP contribution in [0.25, 0.3) is 0 Å². The van der Waals surface area contributed by atoms with Crippen LogP contribution in [0.5, 0.6) is 0 Å². The van der Waals surface area contributed by atoms with E-state index in [1.807, 2.05) is 0 Å². The number of ether oxygens (including phenoxy) is 3. The van der Waals surface area contributed by atoms with Crippen molar-refractivity contribution in [3.05, 3.63) is 0 Å². The van der Waals surface area contributed by atoms with E-state index in [-0.39, 0.29) is 0 Å². The highest BCUT2D eigenvalue weighted by Gasteiger charge is 2.57. The van der Waals surface area contributed by atoms with Crippen molar-refractivity contribution in [2.45, 2.75) is 40.8 Å². The number of aliphatic hydroxyl groups excluding tert-OH is 3. The lowest BCUT2D eigenvalue weighted by molar-refractivity contribution is -0.188. The molecule has 100 valence electrons. The highest BCUT2D eigenvalue weighted by atomic mass is 35.6. The smallest absolute Gasteiger partial charge is 0.241 e. The summed E-state index contributed by atoms with van der Waals surface area (Å²) in [6.45, 7) is -0.547. The SMILES string of the molecule is OC[C@@H](O)[C@@H]1O[C@@H]2OC(C(Cl)(Cl)Cl)O[C@@H]2[C@H]1O. The van der Waals surface area contributed by atoms with Crippen LogP contribution in [-0.4, -0.2) is 62.7 Å². The van der Waals surface area contributed by atoms with Gasteiger partial charge in [0.15, 0.2) is 6.29 Å². The van der Waals surface area contributed by atoms with E-state index in [0.717, 1.165) is 0 Å². The Bertz CT molecular complexity index is 285. The number of hydrogen-bond acceptors (Lipinski definition) is 6. The molecule has 0 bridgehead atoms. The van der Waals surface area contributed by atoms with E-state index >= 15 is 0 Å². The lowest BCUT2D eigenvalue weighted by atomic mass is 10.1. The molecule has 0 aromatic rings. The second-order valence-electron chi connectivity index (χ2n) is 3.82. The summed E-state index contributed by atoms with van der Waals surface area (Å²) < 4.78 is 13.8. The van der Waals surface area contributed by atoms with Gasteiger partial charge >= 0.3 is 0 Å². The highest BCUT2D eigenvalue weighted by Crippen LogP contribution is 2.42. The van der Waals surface area contributed by atoms with Crippen molar-refractivity contribution >= 4 is 34.8 Å². The van der Waals surface area contributed by atoms with E-state index in [2.05, 4.69) is 0 Å². The molecule has 0 amide bonds. The van der Waals surface area contributed by atoms with Gasteiger partial charge in [-0.2, -0.15) is 0 Å². The van der Waals surface area contributed by atoms with Gasteiger partial charge in [0.1, 0.15) is 24.4 Å². The van der Waals surface area contributed by atoms with Gasteiger partial charge in [-0.1, -0.05) is 34.8 Å². The Balaban J connectivity index is 2.01. The van der Waals surface area contributed by atoms with Crippen LogP contribution in [0.4, 0.5) is 0 Å².